The molecule has 1 fully saturated rings. The number of halogens is 1. The van der Waals surface area contributed by atoms with Crippen LogP contribution in [-0.2, 0) is 16.0 Å². The highest BCUT2D eigenvalue weighted by atomic mass is 32.1. The lowest BCUT2D eigenvalue weighted by Crippen LogP contribution is -2.46. The first-order chi connectivity index (χ1) is 10.3. The van der Waals surface area contributed by atoms with Gasteiger partial charge in [-0.3, -0.25) is 0 Å². The molecule has 2 heterocycles. The zero-order chi connectivity index (χ0) is 16.3. The summed E-state index contributed by atoms with van der Waals surface area (Å²) in [5.41, 5.74) is -2.08. The summed E-state index contributed by atoms with van der Waals surface area (Å²) in [4.78, 5) is 27.3. The first-order valence-electron chi connectivity index (χ1n) is 7.22. The van der Waals surface area contributed by atoms with Crippen LogP contribution in [0.3, 0.4) is 0 Å². The van der Waals surface area contributed by atoms with Crippen molar-refractivity contribution in [2.24, 2.45) is 0 Å². The van der Waals surface area contributed by atoms with Gasteiger partial charge in [-0.2, -0.15) is 0 Å². The Morgan fingerprint density at radius 1 is 1.55 bits per heavy atom. The van der Waals surface area contributed by atoms with E-state index in [0.717, 1.165) is 13.5 Å². The quantitative estimate of drug-likeness (QED) is 0.863. The first-order valence-corrected chi connectivity index (χ1v) is 8.04. The molecule has 1 N–H and O–H groups in total. The molecule has 0 aliphatic carbocycles. The highest BCUT2D eigenvalue weighted by molar-refractivity contribution is 7.11. The summed E-state index contributed by atoms with van der Waals surface area (Å²) in [5.74, 6) is -0.912. The summed E-state index contributed by atoms with van der Waals surface area (Å²) in [6.45, 7) is 3.90. The largest absolute Gasteiger partial charge is 0.467 e. The second kappa shape index (κ2) is 6.64. The SMILES string of the molecule is COC(=O)C1(F)CCN(C(=O)NC(C)Cc2ccc(C)s2)C1. The van der Waals surface area contributed by atoms with Crippen molar-refractivity contribution in [3.63, 3.8) is 0 Å². The lowest BCUT2D eigenvalue weighted by molar-refractivity contribution is -0.153. The third kappa shape index (κ3) is 3.76. The van der Waals surface area contributed by atoms with Crippen molar-refractivity contribution in [2.75, 3.05) is 20.2 Å². The summed E-state index contributed by atoms with van der Waals surface area (Å²) in [6, 6.07) is 3.69. The average Bonchev–Trinajstić information content (AvgIpc) is 3.05. The predicted molar refractivity (Wildman–Crippen MR) is 82.8 cm³/mol. The van der Waals surface area contributed by atoms with Crippen LogP contribution in [0.5, 0.6) is 0 Å². The average molecular weight is 328 g/mol. The first kappa shape index (κ1) is 16.7. The predicted octanol–water partition coefficient (Wildman–Crippen LogP) is 2.28. The number of nitrogens with zero attached hydrogens (tertiary/aromatic N) is 1. The van der Waals surface area contributed by atoms with Crippen molar-refractivity contribution < 1.29 is 18.7 Å². The minimum Gasteiger partial charge on any atom is -0.467 e. The maximum absolute atomic E-state index is 14.3. The summed E-state index contributed by atoms with van der Waals surface area (Å²) < 4.78 is 18.8. The van der Waals surface area contributed by atoms with Gasteiger partial charge in [0.2, 0.25) is 5.67 Å². The van der Waals surface area contributed by atoms with Gasteiger partial charge in [0.25, 0.3) is 0 Å². The minimum absolute atomic E-state index is 0.0222. The Kier molecular flexibility index (Phi) is 5.05. The normalized spacial score (nSPS) is 22.5. The van der Waals surface area contributed by atoms with Crippen LogP contribution in [0.15, 0.2) is 12.1 Å². The Morgan fingerprint density at radius 3 is 2.86 bits per heavy atom. The van der Waals surface area contributed by atoms with Crippen molar-refractivity contribution in [3.05, 3.63) is 21.9 Å². The second-order valence-corrected chi connectivity index (χ2v) is 7.07. The van der Waals surface area contributed by atoms with Crippen LogP contribution < -0.4 is 5.32 Å². The van der Waals surface area contributed by atoms with E-state index in [1.54, 1.807) is 11.3 Å². The number of hydrogen-bond donors (Lipinski definition) is 1. The molecule has 1 aromatic rings. The van der Waals surface area contributed by atoms with Crippen molar-refractivity contribution in [3.8, 4) is 0 Å². The maximum Gasteiger partial charge on any atom is 0.345 e. The van der Waals surface area contributed by atoms with Gasteiger partial charge < -0.3 is 15.0 Å². The molecule has 0 saturated carbocycles. The van der Waals surface area contributed by atoms with Crippen molar-refractivity contribution in [2.45, 2.75) is 38.4 Å². The van der Waals surface area contributed by atoms with Gasteiger partial charge >= 0.3 is 12.0 Å². The fraction of sp³-hybridized carbons (Fsp3) is 0.600. The highest BCUT2D eigenvalue weighted by Gasteiger charge is 2.47. The molecule has 2 unspecified atom stereocenters. The molecule has 122 valence electrons. The van der Waals surface area contributed by atoms with E-state index in [2.05, 4.69) is 10.1 Å². The van der Waals surface area contributed by atoms with Gasteiger partial charge in [-0.25, -0.2) is 14.0 Å². The van der Waals surface area contributed by atoms with Gasteiger partial charge in [-0.1, -0.05) is 0 Å². The molecule has 2 amide bonds. The molecule has 7 heteroatoms. The number of amides is 2. The Balaban J connectivity index is 1.86. The number of alkyl halides is 1. The molecule has 1 aliphatic heterocycles. The number of nitrogens with one attached hydrogen (secondary N) is 1. The van der Waals surface area contributed by atoms with E-state index >= 15 is 0 Å². The number of hydrogen-bond acceptors (Lipinski definition) is 4. The number of aryl methyl sites for hydroxylation is 1. The number of rotatable bonds is 4. The molecule has 2 rings (SSSR count). The summed E-state index contributed by atoms with van der Waals surface area (Å²) >= 11 is 1.70. The topological polar surface area (TPSA) is 58.6 Å². The molecule has 1 saturated heterocycles. The van der Waals surface area contributed by atoms with Gasteiger partial charge in [0.05, 0.1) is 13.7 Å². The van der Waals surface area contributed by atoms with Crippen LogP contribution in [0.25, 0.3) is 0 Å². The van der Waals surface area contributed by atoms with Crippen LogP contribution in [0.1, 0.15) is 23.1 Å². The Morgan fingerprint density at radius 2 is 2.27 bits per heavy atom. The monoisotopic (exact) mass is 328 g/mol. The van der Waals surface area contributed by atoms with Crippen LogP contribution >= 0.6 is 11.3 Å². The summed E-state index contributed by atoms with van der Waals surface area (Å²) in [7, 11) is 1.15. The number of carbonyl (C=O) groups is 2. The molecule has 0 spiro atoms. The molecular weight excluding hydrogens is 307 g/mol. The second-order valence-electron chi connectivity index (χ2n) is 5.70. The lowest BCUT2D eigenvalue weighted by Gasteiger charge is -2.21. The summed E-state index contributed by atoms with van der Waals surface area (Å²) in [6.07, 6.45) is 0.710. The fourth-order valence-corrected chi connectivity index (χ4v) is 3.56. The molecule has 5 nitrogen and oxygen atoms in total. The van der Waals surface area contributed by atoms with E-state index in [1.165, 1.54) is 14.7 Å². The molecule has 0 aromatic carbocycles. The van der Waals surface area contributed by atoms with E-state index in [0.29, 0.717) is 0 Å². The number of thiophene rings is 1. The van der Waals surface area contributed by atoms with Crippen LogP contribution in [-0.4, -0.2) is 48.8 Å². The Bertz CT molecular complexity index is 563. The standard InChI is InChI=1S/C15H21FN2O3S/c1-10(8-12-5-4-11(2)22-12)17-14(20)18-7-6-15(16,9-18)13(19)21-3/h4-5,10H,6-9H2,1-3H3,(H,17,20). The lowest BCUT2D eigenvalue weighted by atomic mass is 10.1. The zero-order valence-corrected chi connectivity index (χ0v) is 13.8. The number of methoxy groups -OCH3 is 1. The van der Waals surface area contributed by atoms with Crippen molar-refractivity contribution in [1.82, 2.24) is 10.2 Å². The van der Waals surface area contributed by atoms with Crippen molar-refractivity contribution >= 4 is 23.3 Å². The Labute approximate surface area is 133 Å². The third-order valence-electron chi connectivity index (χ3n) is 3.73. The van der Waals surface area contributed by atoms with Crippen LogP contribution in [0.4, 0.5) is 9.18 Å². The summed E-state index contributed by atoms with van der Waals surface area (Å²) in [5, 5.41) is 2.85. The smallest absolute Gasteiger partial charge is 0.345 e. The van der Waals surface area contributed by atoms with Gasteiger partial charge in [-0.15, -0.1) is 11.3 Å². The van der Waals surface area contributed by atoms with Gasteiger partial charge in [-0.05, 0) is 26.0 Å². The zero-order valence-electron chi connectivity index (χ0n) is 13.0. The van der Waals surface area contributed by atoms with Gasteiger partial charge in [0.15, 0.2) is 0 Å². The van der Waals surface area contributed by atoms with Gasteiger partial charge in [0, 0.05) is 35.2 Å². The molecule has 0 radical (unpaired) electrons. The molecule has 22 heavy (non-hydrogen) atoms. The van der Waals surface area contributed by atoms with Crippen LogP contribution in [0.2, 0.25) is 0 Å². The van der Waals surface area contributed by atoms with E-state index in [-0.39, 0.29) is 31.6 Å². The molecule has 2 atom stereocenters. The highest BCUT2D eigenvalue weighted by Crippen LogP contribution is 2.27. The molecular formula is C15H21FN2O3S. The van der Waals surface area contributed by atoms with E-state index in [1.807, 2.05) is 26.0 Å². The van der Waals surface area contributed by atoms with E-state index in [4.69, 9.17) is 0 Å². The van der Waals surface area contributed by atoms with E-state index in [9.17, 15) is 14.0 Å². The maximum atomic E-state index is 14.3. The van der Waals surface area contributed by atoms with Crippen molar-refractivity contribution in [1.29, 1.82) is 0 Å². The van der Waals surface area contributed by atoms with Crippen LogP contribution in [0, 0.1) is 6.92 Å². The Hall–Kier alpha value is -1.63. The molecule has 1 aliphatic rings. The number of carbonyl (C=O) groups excluding carboxylic acids is 2. The number of urea groups is 1. The van der Waals surface area contributed by atoms with Gasteiger partial charge in [0.1, 0.15) is 0 Å². The number of likely N-dealkylation sites (tertiary alicyclic amines) is 1. The minimum atomic E-state index is -2.08. The number of esters is 1. The molecule has 0 bridgehead atoms. The van der Waals surface area contributed by atoms with E-state index < -0.39 is 11.6 Å². The third-order valence-corrected chi connectivity index (χ3v) is 4.75. The number of ether oxygens (including phenoxy) is 1. The fourth-order valence-electron chi connectivity index (χ4n) is 2.55. The molecule has 1 aromatic heterocycles.